The standard InChI is InChI=1S/C27H32N4O4S/c1-17(32)29-25-11-20-21(14-31(2)23(20)13-28-25)22-12-24(34-15-18-4-9-36-10-5-18)19-3-7-35-27(26(19)30-22)6-8-33-16-27/h11-14,18H,3-10,15-16H2,1-2H3,(H,28,29,32). The van der Waals surface area contributed by atoms with Crippen LogP contribution in [-0.2, 0) is 33.3 Å². The van der Waals surface area contributed by atoms with Crippen molar-refractivity contribution >= 4 is 34.4 Å². The molecule has 190 valence electrons. The first kappa shape index (κ1) is 23.8. The summed E-state index contributed by atoms with van der Waals surface area (Å²) in [6.07, 6.45) is 7.84. The number of hydrogen-bond donors (Lipinski definition) is 1. The molecule has 3 aromatic heterocycles. The average molecular weight is 509 g/mol. The maximum absolute atomic E-state index is 11.6. The number of fused-ring (bicyclic) bond motifs is 3. The Morgan fingerprint density at radius 2 is 2.17 bits per heavy atom. The van der Waals surface area contributed by atoms with Crippen molar-refractivity contribution in [3.63, 3.8) is 0 Å². The van der Waals surface area contributed by atoms with Crippen LogP contribution in [0.15, 0.2) is 24.5 Å². The SMILES string of the molecule is CC(=O)Nc1cc2c(-c3cc(OCC4CCSCC4)c4c(n3)C3(CCOC3)OCC4)cn(C)c2cn1. The van der Waals surface area contributed by atoms with Crippen LogP contribution in [0.2, 0.25) is 0 Å². The third-order valence-electron chi connectivity index (χ3n) is 7.50. The van der Waals surface area contributed by atoms with E-state index in [9.17, 15) is 4.79 Å². The smallest absolute Gasteiger partial charge is 0.222 e. The van der Waals surface area contributed by atoms with Crippen LogP contribution < -0.4 is 10.1 Å². The second-order valence-corrected chi connectivity index (χ2v) is 11.2. The highest BCUT2D eigenvalue weighted by Gasteiger charge is 2.44. The van der Waals surface area contributed by atoms with E-state index >= 15 is 0 Å². The molecule has 36 heavy (non-hydrogen) atoms. The molecule has 0 saturated carbocycles. The van der Waals surface area contributed by atoms with E-state index in [4.69, 9.17) is 19.2 Å². The van der Waals surface area contributed by atoms with Gasteiger partial charge in [0.05, 0.1) is 42.9 Å². The van der Waals surface area contributed by atoms with Crippen LogP contribution in [0.25, 0.3) is 22.2 Å². The molecule has 2 saturated heterocycles. The predicted molar refractivity (Wildman–Crippen MR) is 141 cm³/mol. The van der Waals surface area contributed by atoms with Crippen molar-refractivity contribution in [3.8, 4) is 17.0 Å². The summed E-state index contributed by atoms with van der Waals surface area (Å²) >= 11 is 2.03. The van der Waals surface area contributed by atoms with Gasteiger partial charge in [0.15, 0.2) is 0 Å². The summed E-state index contributed by atoms with van der Waals surface area (Å²) in [4.78, 5) is 21.3. The summed E-state index contributed by atoms with van der Waals surface area (Å²) in [5, 5.41) is 3.78. The Labute approximate surface area is 215 Å². The number of carbonyl (C=O) groups is 1. The minimum Gasteiger partial charge on any atom is -0.493 e. The molecule has 0 aromatic carbocycles. The van der Waals surface area contributed by atoms with Gasteiger partial charge in [-0.3, -0.25) is 4.79 Å². The lowest BCUT2D eigenvalue weighted by molar-refractivity contribution is -0.114. The Bertz CT molecular complexity index is 1290. The van der Waals surface area contributed by atoms with Crippen molar-refractivity contribution in [1.82, 2.24) is 14.5 Å². The first-order valence-corrected chi connectivity index (χ1v) is 13.9. The van der Waals surface area contributed by atoms with Crippen LogP contribution in [0.5, 0.6) is 5.75 Å². The molecular weight excluding hydrogens is 476 g/mol. The minimum atomic E-state index is -0.517. The first-order valence-electron chi connectivity index (χ1n) is 12.7. The minimum absolute atomic E-state index is 0.150. The number of aromatic nitrogens is 3. The Morgan fingerprint density at radius 1 is 1.31 bits per heavy atom. The zero-order chi connectivity index (χ0) is 24.7. The van der Waals surface area contributed by atoms with Gasteiger partial charge >= 0.3 is 0 Å². The molecule has 1 unspecified atom stereocenters. The molecule has 2 fully saturated rings. The van der Waals surface area contributed by atoms with E-state index in [2.05, 4.69) is 22.6 Å². The number of amides is 1. The van der Waals surface area contributed by atoms with Crippen molar-refractivity contribution in [2.24, 2.45) is 13.0 Å². The summed E-state index contributed by atoms with van der Waals surface area (Å²) in [6.45, 7) is 4.05. The molecule has 3 aromatic rings. The number of nitrogens with zero attached hydrogens (tertiary/aromatic N) is 3. The maximum Gasteiger partial charge on any atom is 0.222 e. The Balaban J connectivity index is 1.46. The molecule has 1 N–H and O–H groups in total. The molecule has 6 rings (SSSR count). The molecule has 9 heteroatoms. The van der Waals surface area contributed by atoms with Crippen molar-refractivity contribution in [2.75, 3.05) is 43.3 Å². The summed E-state index contributed by atoms with van der Waals surface area (Å²) in [6, 6.07) is 4.01. The van der Waals surface area contributed by atoms with Crippen molar-refractivity contribution < 1.29 is 19.0 Å². The molecule has 0 bridgehead atoms. The van der Waals surface area contributed by atoms with E-state index in [1.165, 1.54) is 31.3 Å². The van der Waals surface area contributed by atoms with Crippen molar-refractivity contribution in [1.29, 1.82) is 0 Å². The highest BCUT2D eigenvalue weighted by Crippen LogP contribution is 2.44. The van der Waals surface area contributed by atoms with Crippen LogP contribution >= 0.6 is 11.8 Å². The number of rotatable bonds is 5. The van der Waals surface area contributed by atoms with Gasteiger partial charge in [-0.1, -0.05) is 0 Å². The molecule has 0 radical (unpaired) electrons. The summed E-state index contributed by atoms with van der Waals surface area (Å²) in [7, 11) is 2.00. The lowest BCUT2D eigenvalue weighted by Gasteiger charge is -2.35. The molecular formula is C27H32N4O4S. The zero-order valence-corrected chi connectivity index (χ0v) is 21.7. The third-order valence-corrected chi connectivity index (χ3v) is 8.55. The van der Waals surface area contributed by atoms with Gasteiger partial charge in [-0.15, -0.1) is 0 Å². The molecule has 1 amide bonds. The van der Waals surface area contributed by atoms with Gasteiger partial charge in [0.2, 0.25) is 5.91 Å². The van der Waals surface area contributed by atoms with Crippen LogP contribution in [0.3, 0.4) is 0 Å². The van der Waals surface area contributed by atoms with E-state index in [0.29, 0.717) is 31.6 Å². The molecule has 8 nitrogen and oxygen atoms in total. The fourth-order valence-corrected chi connectivity index (χ4v) is 6.75. The second-order valence-electron chi connectivity index (χ2n) is 10.0. The van der Waals surface area contributed by atoms with E-state index in [0.717, 1.165) is 58.6 Å². The molecule has 1 atom stereocenters. The van der Waals surface area contributed by atoms with Gasteiger partial charge in [-0.2, -0.15) is 11.8 Å². The van der Waals surface area contributed by atoms with Crippen LogP contribution in [0.1, 0.15) is 37.4 Å². The number of thioether (sulfide) groups is 1. The summed E-state index contributed by atoms with van der Waals surface area (Å²) in [5.74, 6) is 4.30. The van der Waals surface area contributed by atoms with E-state index in [-0.39, 0.29) is 5.91 Å². The lowest BCUT2D eigenvalue weighted by Crippen LogP contribution is -2.37. The lowest BCUT2D eigenvalue weighted by atomic mass is 9.89. The van der Waals surface area contributed by atoms with Gasteiger partial charge in [-0.05, 0) is 36.3 Å². The third kappa shape index (κ3) is 4.37. The Kier molecular flexibility index (Phi) is 6.39. The number of carbonyl (C=O) groups excluding carboxylic acids is 1. The highest BCUT2D eigenvalue weighted by molar-refractivity contribution is 7.99. The van der Waals surface area contributed by atoms with Gasteiger partial charge in [0.25, 0.3) is 0 Å². The number of nitrogens with one attached hydrogen (secondary N) is 1. The van der Waals surface area contributed by atoms with Crippen LogP contribution in [0.4, 0.5) is 5.82 Å². The summed E-state index contributed by atoms with van der Waals surface area (Å²) in [5.41, 5.74) is 4.37. The number of pyridine rings is 2. The number of ether oxygens (including phenoxy) is 3. The van der Waals surface area contributed by atoms with Crippen molar-refractivity contribution in [3.05, 3.63) is 35.8 Å². The van der Waals surface area contributed by atoms with E-state index in [1.54, 1.807) is 6.20 Å². The van der Waals surface area contributed by atoms with E-state index in [1.807, 2.05) is 29.4 Å². The summed E-state index contributed by atoms with van der Waals surface area (Å²) < 4.78 is 20.8. The first-order chi connectivity index (χ1) is 17.5. The predicted octanol–water partition coefficient (Wildman–Crippen LogP) is 4.30. The normalized spacial score (nSPS) is 22.2. The molecule has 6 heterocycles. The molecule has 0 aliphatic carbocycles. The van der Waals surface area contributed by atoms with Gasteiger partial charge in [-0.25, -0.2) is 9.97 Å². The fraction of sp³-hybridized carbons (Fsp3) is 0.519. The van der Waals surface area contributed by atoms with Crippen molar-refractivity contribution in [2.45, 2.75) is 38.2 Å². The molecule has 1 spiro atoms. The molecule has 3 aliphatic rings. The van der Waals surface area contributed by atoms with Crippen LogP contribution in [-0.4, -0.2) is 58.4 Å². The zero-order valence-electron chi connectivity index (χ0n) is 20.8. The number of anilines is 1. The Morgan fingerprint density at radius 3 is 2.94 bits per heavy atom. The maximum atomic E-state index is 11.6. The number of aryl methyl sites for hydroxylation is 1. The van der Waals surface area contributed by atoms with Crippen LogP contribution in [0, 0.1) is 5.92 Å². The molecule has 3 aliphatic heterocycles. The van der Waals surface area contributed by atoms with Gasteiger partial charge in [0.1, 0.15) is 17.2 Å². The van der Waals surface area contributed by atoms with Gasteiger partial charge in [0, 0.05) is 62.2 Å². The topological polar surface area (TPSA) is 87.5 Å². The highest BCUT2D eigenvalue weighted by atomic mass is 32.2. The monoisotopic (exact) mass is 508 g/mol. The van der Waals surface area contributed by atoms with E-state index < -0.39 is 5.60 Å². The number of hydrogen-bond acceptors (Lipinski definition) is 7. The second kappa shape index (κ2) is 9.68. The Hall–Kier alpha value is -2.62. The van der Waals surface area contributed by atoms with Gasteiger partial charge < -0.3 is 24.1 Å². The largest absolute Gasteiger partial charge is 0.493 e. The fourth-order valence-electron chi connectivity index (χ4n) is 5.55. The average Bonchev–Trinajstić information content (AvgIpc) is 3.48. The quantitative estimate of drug-likeness (QED) is 0.550.